The van der Waals surface area contributed by atoms with Gasteiger partial charge in [-0.3, -0.25) is 9.80 Å². The van der Waals surface area contributed by atoms with Crippen LogP contribution in [0.15, 0.2) is 42.5 Å². The Balaban J connectivity index is 1.69. The molecule has 4 rings (SSSR count). The van der Waals surface area contributed by atoms with Crippen molar-refractivity contribution in [2.24, 2.45) is 0 Å². The van der Waals surface area contributed by atoms with Crippen molar-refractivity contribution in [2.45, 2.75) is 64.7 Å². The zero-order valence-electron chi connectivity index (χ0n) is 18.9. The molecule has 2 aliphatic heterocycles. The van der Waals surface area contributed by atoms with Gasteiger partial charge in [-0.1, -0.05) is 78.8 Å². The highest BCUT2D eigenvalue weighted by Crippen LogP contribution is 2.27. The summed E-state index contributed by atoms with van der Waals surface area (Å²) in [5.74, 6) is 0.549. The van der Waals surface area contributed by atoms with Gasteiger partial charge in [-0.25, -0.2) is 0 Å². The Bertz CT molecular complexity index is 783. The van der Waals surface area contributed by atoms with Gasteiger partial charge >= 0.3 is 0 Å². The number of nitrogens with zero attached hydrogens (tertiary/aromatic N) is 2. The van der Waals surface area contributed by atoms with Gasteiger partial charge in [0.15, 0.2) is 0 Å². The van der Waals surface area contributed by atoms with Crippen LogP contribution in [0.25, 0.3) is 0 Å². The summed E-state index contributed by atoms with van der Waals surface area (Å²) < 4.78 is 0. The molecule has 3 nitrogen and oxygen atoms in total. The molecule has 0 radical (unpaired) electrons. The van der Waals surface area contributed by atoms with E-state index in [-0.39, 0.29) is 0 Å². The third-order valence-corrected chi connectivity index (χ3v) is 10.7. The first kappa shape index (κ1) is 21.6. The molecular formula is C26H38N2OSi. The summed E-state index contributed by atoms with van der Waals surface area (Å²) in [6.45, 7) is 11.3. The van der Waals surface area contributed by atoms with E-state index in [0.717, 1.165) is 50.4 Å². The highest BCUT2D eigenvalue weighted by atomic mass is 28.3. The van der Waals surface area contributed by atoms with E-state index < -0.39 is 8.07 Å². The second-order valence-electron chi connectivity index (χ2n) is 9.81. The molecule has 0 atom stereocenters. The van der Waals surface area contributed by atoms with Gasteiger partial charge < -0.3 is 5.11 Å². The van der Waals surface area contributed by atoms with Crippen LogP contribution in [-0.2, 0) is 13.1 Å². The number of hydrogen-bond donors (Lipinski definition) is 1. The molecule has 0 spiro atoms. The maximum absolute atomic E-state index is 11.3. The van der Waals surface area contributed by atoms with Crippen molar-refractivity contribution in [3.05, 3.63) is 53.6 Å². The summed E-state index contributed by atoms with van der Waals surface area (Å²) in [4.78, 5) is 5.06. The van der Waals surface area contributed by atoms with Crippen LogP contribution in [0.4, 0.5) is 0 Å². The number of rotatable bonds is 6. The quantitative estimate of drug-likeness (QED) is 0.707. The third-order valence-electron chi connectivity index (χ3n) is 7.17. The fraction of sp³-hybridized carbons (Fsp3) is 0.538. The normalized spacial score (nSPS) is 19.1. The van der Waals surface area contributed by atoms with E-state index in [9.17, 15) is 5.11 Å². The molecule has 2 aromatic carbocycles. The Morgan fingerprint density at radius 1 is 0.700 bits per heavy atom. The number of phenols is 1. The molecule has 2 heterocycles. The van der Waals surface area contributed by atoms with E-state index in [1.165, 1.54) is 48.9 Å². The van der Waals surface area contributed by atoms with Gasteiger partial charge in [0, 0.05) is 24.2 Å². The summed E-state index contributed by atoms with van der Waals surface area (Å²) in [7, 11) is -1.82. The van der Waals surface area contributed by atoms with E-state index in [0.29, 0.717) is 5.75 Å². The minimum absolute atomic E-state index is 0.549. The molecule has 1 N–H and O–H groups in total. The Kier molecular flexibility index (Phi) is 6.96. The molecule has 0 unspecified atom stereocenters. The van der Waals surface area contributed by atoms with Crippen LogP contribution in [-0.4, -0.2) is 49.2 Å². The lowest BCUT2D eigenvalue weighted by atomic mass is 10.0. The topological polar surface area (TPSA) is 26.7 Å². The molecule has 162 valence electrons. The number of piperidine rings is 2. The maximum Gasteiger partial charge on any atom is 0.124 e. The van der Waals surface area contributed by atoms with E-state index in [1.807, 2.05) is 0 Å². The average Bonchev–Trinajstić information content (AvgIpc) is 2.78. The molecule has 2 aliphatic rings. The molecule has 4 heteroatoms. The summed E-state index contributed by atoms with van der Waals surface area (Å²) in [5.41, 5.74) is 2.27. The van der Waals surface area contributed by atoms with Gasteiger partial charge in [-0.15, -0.1) is 0 Å². The first-order chi connectivity index (χ1) is 14.5. The van der Waals surface area contributed by atoms with E-state index in [4.69, 9.17) is 0 Å². The maximum atomic E-state index is 11.3. The first-order valence-electron chi connectivity index (χ1n) is 11.9. The van der Waals surface area contributed by atoms with Crippen molar-refractivity contribution >= 4 is 18.4 Å². The average molecular weight is 423 g/mol. The van der Waals surface area contributed by atoms with Gasteiger partial charge in [0.2, 0.25) is 0 Å². The number of hydrogen-bond acceptors (Lipinski definition) is 3. The molecule has 0 aliphatic carbocycles. The van der Waals surface area contributed by atoms with Crippen molar-refractivity contribution in [3.8, 4) is 5.75 Å². The molecule has 2 fully saturated rings. The van der Waals surface area contributed by atoms with Gasteiger partial charge in [0.05, 0.1) is 0 Å². The standard InChI is InChI=1S/C26H38N2OSi/c1-30(2,24-12-6-3-7-13-24)25-18-22(20-27-14-8-4-9-15-27)26(29)23(19-25)21-28-16-10-5-11-17-28/h3,6-7,12-13,18-19,29H,4-5,8-11,14-17,20-21H2,1-2H3. The SMILES string of the molecule is C[Si](C)(c1ccccc1)c1cc(CN2CCCCC2)c(O)c(CN2CCCCC2)c1. The van der Waals surface area contributed by atoms with Crippen molar-refractivity contribution < 1.29 is 5.11 Å². The Hall–Kier alpha value is -1.62. The second kappa shape index (κ2) is 9.67. The molecular weight excluding hydrogens is 384 g/mol. The number of benzene rings is 2. The molecule has 0 aromatic heterocycles. The zero-order chi connectivity index (χ0) is 21.0. The molecule has 2 saturated heterocycles. The van der Waals surface area contributed by atoms with Crippen molar-refractivity contribution in [1.29, 1.82) is 0 Å². The Labute approximate surface area is 183 Å². The lowest BCUT2D eigenvalue weighted by molar-refractivity contribution is 0.213. The molecule has 2 aromatic rings. The Morgan fingerprint density at radius 2 is 1.17 bits per heavy atom. The van der Waals surface area contributed by atoms with Gasteiger partial charge in [-0.2, -0.15) is 0 Å². The van der Waals surface area contributed by atoms with Crippen molar-refractivity contribution in [3.63, 3.8) is 0 Å². The largest absolute Gasteiger partial charge is 0.507 e. The first-order valence-corrected chi connectivity index (χ1v) is 14.9. The van der Waals surface area contributed by atoms with Crippen LogP contribution in [0.1, 0.15) is 49.7 Å². The van der Waals surface area contributed by atoms with Crippen LogP contribution in [0, 0.1) is 0 Å². The minimum Gasteiger partial charge on any atom is -0.507 e. The summed E-state index contributed by atoms with van der Waals surface area (Å²) in [6.07, 6.45) is 7.82. The Morgan fingerprint density at radius 3 is 1.63 bits per heavy atom. The summed E-state index contributed by atoms with van der Waals surface area (Å²) >= 11 is 0. The fourth-order valence-corrected chi connectivity index (χ4v) is 7.53. The lowest BCUT2D eigenvalue weighted by Gasteiger charge is -2.31. The number of phenolic OH excluding ortho intramolecular Hbond substituents is 1. The highest BCUT2D eigenvalue weighted by molar-refractivity contribution is 7.00. The third kappa shape index (κ3) is 4.98. The summed E-state index contributed by atoms with van der Waals surface area (Å²) in [6, 6.07) is 15.7. The fourth-order valence-electron chi connectivity index (χ4n) is 5.10. The smallest absolute Gasteiger partial charge is 0.124 e. The van der Waals surface area contributed by atoms with E-state index >= 15 is 0 Å². The monoisotopic (exact) mass is 422 g/mol. The van der Waals surface area contributed by atoms with Gasteiger partial charge in [0.25, 0.3) is 0 Å². The van der Waals surface area contributed by atoms with Gasteiger partial charge in [-0.05, 0) is 51.9 Å². The number of aromatic hydroxyl groups is 1. The van der Waals surface area contributed by atoms with E-state index in [2.05, 4.69) is 65.4 Å². The van der Waals surface area contributed by atoms with E-state index in [1.54, 1.807) is 0 Å². The zero-order valence-corrected chi connectivity index (χ0v) is 19.9. The molecule has 0 saturated carbocycles. The molecule has 0 amide bonds. The lowest BCUT2D eigenvalue weighted by Crippen LogP contribution is -2.53. The van der Waals surface area contributed by atoms with Crippen LogP contribution < -0.4 is 10.4 Å². The van der Waals surface area contributed by atoms with Crippen molar-refractivity contribution in [1.82, 2.24) is 9.80 Å². The summed E-state index contributed by atoms with van der Waals surface area (Å²) in [5, 5.41) is 14.2. The highest BCUT2D eigenvalue weighted by Gasteiger charge is 2.28. The number of likely N-dealkylation sites (tertiary alicyclic amines) is 2. The predicted octanol–water partition coefficient (Wildman–Crippen LogP) is 4.19. The predicted molar refractivity (Wildman–Crippen MR) is 130 cm³/mol. The van der Waals surface area contributed by atoms with Crippen LogP contribution in [0.2, 0.25) is 13.1 Å². The second-order valence-corrected chi connectivity index (χ2v) is 14.2. The molecule has 30 heavy (non-hydrogen) atoms. The van der Waals surface area contributed by atoms with Crippen LogP contribution in [0.5, 0.6) is 5.75 Å². The molecule has 0 bridgehead atoms. The van der Waals surface area contributed by atoms with Crippen LogP contribution in [0.3, 0.4) is 0 Å². The van der Waals surface area contributed by atoms with Crippen molar-refractivity contribution in [2.75, 3.05) is 26.2 Å². The van der Waals surface area contributed by atoms with Crippen LogP contribution >= 0.6 is 0 Å². The van der Waals surface area contributed by atoms with Gasteiger partial charge in [0.1, 0.15) is 13.8 Å². The minimum atomic E-state index is -1.82.